The minimum atomic E-state index is -0.499. The summed E-state index contributed by atoms with van der Waals surface area (Å²) in [6.07, 6.45) is 7.35. The van der Waals surface area contributed by atoms with Crippen molar-refractivity contribution in [3.05, 3.63) is 12.2 Å². The van der Waals surface area contributed by atoms with Crippen molar-refractivity contribution in [1.82, 2.24) is 0 Å². The van der Waals surface area contributed by atoms with Crippen LogP contribution in [-0.2, 0) is 4.79 Å². The van der Waals surface area contributed by atoms with E-state index in [4.69, 9.17) is 0 Å². The van der Waals surface area contributed by atoms with Gasteiger partial charge in [0, 0.05) is 0 Å². The lowest BCUT2D eigenvalue weighted by molar-refractivity contribution is -0.121. The van der Waals surface area contributed by atoms with Gasteiger partial charge in [-0.15, -0.1) is 0 Å². The molecule has 2 heteroatoms. The predicted octanol–water partition coefficient (Wildman–Crippen LogP) is 1.29. The van der Waals surface area contributed by atoms with Crippen LogP contribution in [0.1, 0.15) is 25.7 Å². The van der Waals surface area contributed by atoms with Crippen molar-refractivity contribution in [3.8, 4) is 0 Å². The summed E-state index contributed by atoms with van der Waals surface area (Å²) < 4.78 is 0. The summed E-state index contributed by atoms with van der Waals surface area (Å²) in [6.45, 7) is 0. The van der Waals surface area contributed by atoms with Crippen LogP contribution in [0.15, 0.2) is 12.2 Å². The quantitative estimate of drug-likeness (QED) is 0.637. The monoisotopic (exact) mass is 166 g/mol. The molecule has 0 bridgehead atoms. The first-order valence-electron chi connectivity index (χ1n) is 4.69. The fraction of sp³-hybridized carbons (Fsp3) is 0.700. The SMILES string of the molecule is O=C1C=CC(O)C1C1CCCC1. The molecule has 0 aromatic rings. The van der Waals surface area contributed by atoms with Gasteiger partial charge in [0.2, 0.25) is 0 Å². The van der Waals surface area contributed by atoms with Crippen LogP contribution >= 0.6 is 0 Å². The van der Waals surface area contributed by atoms with Crippen molar-refractivity contribution in [2.75, 3.05) is 0 Å². The highest BCUT2D eigenvalue weighted by molar-refractivity contribution is 5.95. The molecule has 0 aromatic heterocycles. The van der Waals surface area contributed by atoms with Crippen LogP contribution in [0, 0.1) is 11.8 Å². The summed E-state index contributed by atoms with van der Waals surface area (Å²) in [5.74, 6) is 0.476. The standard InChI is InChI=1S/C10H14O2/c11-8-5-6-9(12)10(8)7-3-1-2-4-7/h5-8,10-11H,1-4H2. The van der Waals surface area contributed by atoms with E-state index in [1.807, 2.05) is 0 Å². The molecular weight excluding hydrogens is 152 g/mol. The summed E-state index contributed by atoms with van der Waals surface area (Å²) in [5, 5.41) is 9.51. The highest BCUT2D eigenvalue weighted by Crippen LogP contribution is 2.36. The van der Waals surface area contributed by atoms with Gasteiger partial charge in [-0.1, -0.05) is 18.9 Å². The highest BCUT2D eigenvalue weighted by Gasteiger charge is 2.36. The maximum Gasteiger partial charge on any atom is 0.161 e. The van der Waals surface area contributed by atoms with E-state index in [1.54, 1.807) is 6.08 Å². The predicted molar refractivity (Wildman–Crippen MR) is 45.6 cm³/mol. The second kappa shape index (κ2) is 3.02. The van der Waals surface area contributed by atoms with Crippen molar-refractivity contribution in [1.29, 1.82) is 0 Å². The molecule has 0 radical (unpaired) electrons. The molecule has 0 heterocycles. The van der Waals surface area contributed by atoms with Crippen molar-refractivity contribution in [3.63, 3.8) is 0 Å². The maximum absolute atomic E-state index is 11.3. The molecule has 2 rings (SSSR count). The normalized spacial score (nSPS) is 36.6. The van der Waals surface area contributed by atoms with Crippen molar-refractivity contribution in [2.45, 2.75) is 31.8 Å². The molecule has 2 aliphatic rings. The van der Waals surface area contributed by atoms with Crippen molar-refractivity contribution in [2.24, 2.45) is 11.8 Å². The van der Waals surface area contributed by atoms with E-state index in [0.717, 1.165) is 12.8 Å². The topological polar surface area (TPSA) is 37.3 Å². The number of rotatable bonds is 1. The molecule has 2 nitrogen and oxygen atoms in total. The molecule has 66 valence electrons. The van der Waals surface area contributed by atoms with Crippen LogP contribution in [0.5, 0.6) is 0 Å². The summed E-state index contributed by atoms with van der Waals surface area (Å²) in [4.78, 5) is 11.3. The van der Waals surface area contributed by atoms with Crippen LogP contribution in [0.4, 0.5) is 0 Å². The Kier molecular flexibility index (Phi) is 2.01. The van der Waals surface area contributed by atoms with Gasteiger partial charge in [0.1, 0.15) is 0 Å². The number of allylic oxidation sites excluding steroid dienone is 1. The lowest BCUT2D eigenvalue weighted by atomic mass is 9.87. The first kappa shape index (κ1) is 7.99. The Bertz CT molecular complexity index is 214. The van der Waals surface area contributed by atoms with E-state index in [0.29, 0.717) is 5.92 Å². The first-order valence-corrected chi connectivity index (χ1v) is 4.69. The Morgan fingerprint density at radius 1 is 1.33 bits per heavy atom. The number of aliphatic hydroxyl groups is 1. The molecule has 1 N–H and O–H groups in total. The largest absolute Gasteiger partial charge is 0.388 e. The first-order chi connectivity index (χ1) is 5.79. The van der Waals surface area contributed by atoms with Gasteiger partial charge in [-0.3, -0.25) is 4.79 Å². The zero-order valence-electron chi connectivity index (χ0n) is 7.07. The van der Waals surface area contributed by atoms with E-state index in [2.05, 4.69) is 0 Å². The lowest BCUT2D eigenvalue weighted by Gasteiger charge is -2.19. The van der Waals surface area contributed by atoms with Gasteiger partial charge in [-0.05, 0) is 24.8 Å². The van der Waals surface area contributed by atoms with Gasteiger partial charge in [0.15, 0.2) is 5.78 Å². The molecule has 1 saturated carbocycles. The second-order valence-corrected chi connectivity index (χ2v) is 3.82. The lowest BCUT2D eigenvalue weighted by Crippen LogP contribution is -2.27. The minimum Gasteiger partial charge on any atom is -0.388 e. The Morgan fingerprint density at radius 2 is 2.00 bits per heavy atom. The van der Waals surface area contributed by atoms with E-state index >= 15 is 0 Å². The molecule has 2 aliphatic carbocycles. The van der Waals surface area contributed by atoms with E-state index in [1.165, 1.54) is 18.9 Å². The maximum atomic E-state index is 11.3. The fourth-order valence-corrected chi connectivity index (χ4v) is 2.42. The number of carbonyl (C=O) groups is 1. The number of ketones is 1. The fourth-order valence-electron chi connectivity index (χ4n) is 2.42. The zero-order valence-corrected chi connectivity index (χ0v) is 7.07. The number of carbonyl (C=O) groups excluding carboxylic acids is 1. The number of hydrogen-bond donors (Lipinski definition) is 1. The molecule has 0 saturated heterocycles. The Balaban J connectivity index is 2.07. The molecule has 12 heavy (non-hydrogen) atoms. The summed E-state index contributed by atoms with van der Waals surface area (Å²) in [7, 11) is 0. The van der Waals surface area contributed by atoms with Crippen molar-refractivity contribution < 1.29 is 9.90 Å². The molecule has 1 fully saturated rings. The highest BCUT2D eigenvalue weighted by atomic mass is 16.3. The third-order valence-corrected chi connectivity index (χ3v) is 3.06. The average Bonchev–Trinajstić information content (AvgIpc) is 2.61. The second-order valence-electron chi connectivity index (χ2n) is 3.82. The van der Waals surface area contributed by atoms with Gasteiger partial charge in [-0.2, -0.15) is 0 Å². The van der Waals surface area contributed by atoms with Crippen LogP contribution in [-0.4, -0.2) is 17.0 Å². The number of aliphatic hydroxyl groups excluding tert-OH is 1. The van der Waals surface area contributed by atoms with Crippen LogP contribution in [0.25, 0.3) is 0 Å². The van der Waals surface area contributed by atoms with E-state index in [-0.39, 0.29) is 11.7 Å². The van der Waals surface area contributed by atoms with Gasteiger partial charge in [0.05, 0.1) is 12.0 Å². The third kappa shape index (κ3) is 1.20. The van der Waals surface area contributed by atoms with Gasteiger partial charge in [0.25, 0.3) is 0 Å². The molecule has 2 unspecified atom stereocenters. The molecule has 0 aliphatic heterocycles. The Labute approximate surface area is 72.3 Å². The Morgan fingerprint density at radius 3 is 2.50 bits per heavy atom. The smallest absolute Gasteiger partial charge is 0.161 e. The molecule has 0 spiro atoms. The summed E-state index contributed by atoms with van der Waals surface area (Å²) in [6, 6.07) is 0. The van der Waals surface area contributed by atoms with E-state index < -0.39 is 6.10 Å². The van der Waals surface area contributed by atoms with Gasteiger partial charge >= 0.3 is 0 Å². The number of hydrogen-bond acceptors (Lipinski definition) is 2. The van der Waals surface area contributed by atoms with E-state index in [9.17, 15) is 9.90 Å². The van der Waals surface area contributed by atoms with Crippen LogP contribution < -0.4 is 0 Å². The molecule has 0 aromatic carbocycles. The third-order valence-electron chi connectivity index (χ3n) is 3.06. The average molecular weight is 166 g/mol. The molecule has 0 amide bonds. The summed E-state index contributed by atoms with van der Waals surface area (Å²) >= 11 is 0. The van der Waals surface area contributed by atoms with Crippen molar-refractivity contribution >= 4 is 5.78 Å². The molecule has 2 atom stereocenters. The zero-order chi connectivity index (χ0) is 8.55. The van der Waals surface area contributed by atoms with Gasteiger partial charge in [-0.25, -0.2) is 0 Å². The summed E-state index contributed by atoms with van der Waals surface area (Å²) in [5.41, 5.74) is 0. The van der Waals surface area contributed by atoms with Gasteiger partial charge < -0.3 is 5.11 Å². The molecular formula is C10H14O2. The van der Waals surface area contributed by atoms with Crippen LogP contribution in [0.3, 0.4) is 0 Å². The van der Waals surface area contributed by atoms with Crippen LogP contribution in [0.2, 0.25) is 0 Å². The minimum absolute atomic E-state index is 0.104. The Hall–Kier alpha value is -0.630.